The predicted octanol–water partition coefficient (Wildman–Crippen LogP) is 2.62. The lowest BCUT2D eigenvalue weighted by Crippen LogP contribution is -2.36. The molecule has 0 fully saturated rings. The summed E-state index contributed by atoms with van der Waals surface area (Å²) in [6, 6.07) is 10.6. The van der Waals surface area contributed by atoms with Gasteiger partial charge in [0.2, 0.25) is 10.1 Å². The van der Waals surface area contributed by atoms with Crippen molar-refractivity contribution in [2.24, 2.45) is 0 Å². The van der Waals surface area contributed by atoms with Crippen LogP contribution in [0.15, 0.2) is 36.4 Å². The lowest BCUT2D eigenvalue weighted by molar-refractivity contribution is -0.0437. The van der Waals surface area contributed by atoms with E-state index in [2.05, 4.69) is 0 Å². The van der Waals surface area contributed by atoms with Gasteiger partial charge in [0.05, 0.1) is 0 Å². The number of hydrogen-bond donors (Lipinski definition) is 2. The number of halogens is 2. The molecule has 2 aromatic carbocycles. The second-order valence-corrected chi connectivity index (χ2v) is 5.05. The van der Waals surface area contributed by atoms with E-state index in [1.165, 1.54) is 0 Å². The molecule has 2 nitrogen and oxygen atoms in total. The smallest absolute Gasteiger partial charge is 0.212 e. The molecule has 0 aromatic heterocycles. The Balaban J connectivity index is 2.54. The maximum atomic E-state index is 10.1. The molecule has 1 aliphatic carbocycles. The summed E-state index contributed by atoms with van der Waals surface area (Å²) in [5, 5.41) is 17.9. The van der Waals surface area contributed by atoms with E-state index < -0.39 is 10.1 Å². The van der Waals surface area contributed by atoms with Crippen molar-refractivity contribution in [2.45, 2.75) is 10.1 Å². The molecule has 0 heterocycles. The molecule has 0 saturated heterocycles. The quantitative estimate of drug-likeness (QED) is 0.710. The van der Waals surface area contributed by atoms with Crippen LogP contribution in [0.2, 0.25) is 0 Å². The fraction of sp³-hybridized carbons (Fsp3) is 0.167. The highest BCUT2D eigenvalue weighted by Gasteiger charge is 2.56. The standard InChI is InChI=1S/C12H8Cl2O2/c13-11(15)8-5-1-3-7-4-2-6-9(10(7)8)12(11,14)16/h1-6,15-16H/t11-,12+. The van der Waals surface area contributed by atoms with E-state index >= 15 is 0 Å². The molecule has 0 spiro atoms. The van der Waals surface area contributed by atoms with Gasteiger partial charge in [-0.2, -0.15) is 0 Å². The topological polar surface area (TPSA) is 40.5 Å². The highest BCUT2D eigenvalue weighted by atomic mass is 35.5. The third-order valence-corrected chi connectivity index (χ3v) is 4.11. The molecular weight excluding hydrogens is 247 g/mol. The Kier molecular flexibility index (Phi) is 1.88. The Morgan fingerprint density at radius 3 is 1.69 bits per heavy atom. The third kappa shape index (κ3) is 1.01. The SMILES string of the molecule is O[C@]1(Cl)c2cccc3cccc(c23)[C@@]1(O)Cl. The van der Waals surface area contributed by atoms with Gasteiger partial charge in [0.1, 0.15) is 0 Å². The van der Waals surface area contributed by atoms with Crippen LogP contribution in [-0.2, 0) is 10.1 Å². The van der Waals surface area contributed by atoms with Crippen LogP contribution in [0.5, 0.6) is 0 Å². The van der Waals surface area contributed by atoms with Crippen molar-refractivity contribution >= 4 is 34.0 Å². The maximum absolute atomic E-state index is 10.1. The normalized spacial score (nSPS) is 32.2. The average molecular weight is 255 g/mol. The van der Waals surface area contributed by atoms with Gasteiger partial charge in [0.15, 0.2) is 0 Å². The van der Waals surface area contributed by atoms with Crippen LogP contribution in [0, 0.1) is 0 Å². The van der Waals surface area contributed by atoms with Crippen molar-refractivity contribution in [1.29, 1.82) is 0 Å². The van der Waals surface area contributed by atoms with E-state index in [0.717, 1.165) is 10.8 Å². The molecule has 0 saturated carbocycles. The summed E-state index contributed by atoms with van der Waals surface area (Å²) < 4.78 is 0. The zero-order chi connectivity index (χ0) is 11.6. The number of benzene rings is 2. The van der Waals surface area contributed by atoms with Crippen LogP contribution in [0.3, 0.4) is 0 Å². The summed E-state index contributed by atoms with van der Waals surface area (Å²) in [6.45, 7) is 0. The van der Waals surface area contributed by atoms with Gasteiger partial charge in [-0.15, -0.1) is 0 Å². The van der Waals surface area contributed by atoms with Crippen molar-refractivity contribution < 1.29 is 10.2 Å². The Morgan fingerprint density at radius 2 is 1.25 bits per heavy atom. The fourth-order valence-electron chi connectivity index (χ4n) is 2.25. The van der Waals surface area contributed by atoms with Crippen molar-refractivity contribution in [2.75, 3.05) is 0 Å². The minimum absolute atomic E-state index is 0.444. The largest absolute Gasteiger partial charge is 0.367 e. The van der Waals surface area contributed by atoms with Crippen LogP contribution in [-0.4, -0.2) is 10.2 Å². The molecule has 1 aliphatic rings. The van der Waals surface area contributed by atoms with Gasteiger partial charge in [0, 0.05) is 11.1 Å². The van der Waals surface area contributed by atoms with E-state index in [1.54, 1.807) is 24.3 Å². The third-order valence-electron chi connectivity index (χ3n) is 3.06. The van der Waals surface area contributed by atoms with Crippen LogP contribution in [0.1, 0.15) is 11.1 Å². The van der Waals surface area contributed by atoms with Gasteiger partial charge in [0.25, 0.3) is 0 Å². The molecule has 2 N–H and O–H groups in total. The molecule has 0 unspecified atom stereocenters. The second-order valence-electron chi connectivity index (χ2n) is 3.95. The summed E-state index contributed by atoms with van der Waals surface area (Å²) in [5.74, 6) is 0. The minimum Gasteiger partial charge on any atom is -0.367 e. The lowest BCUT2D eigenvalue weighted by Gasteiger charge is -2.28. The highest BCUT2D eigenvalue weighted by molar-refractivity contribution is 6.35. The molecular formula is C12H8Cl2O2. The first-order chi connectivity index (χ1) is 7.46. The van der Waals surface area contributed by atoms with Gasteiger partial charge in [-0.05, 0) is 10.8 Å². The van der Waals surface area contributed by atoms with E-state index in [1.807, 2.05) is 12.1 Å². The minimum atomic E-state index is -1.99. The molecule has 0 aliphatic heterocycles. The number of hydrogen-bond acceptors (Lipinski definition) is 2. The van der Waals surface area contributed by atoms with Crippen molar-refractivity contribution in [3.8, 4) is 0 Å². The zero-order valence-corrected chi connectivity index (χ0v) is 9.63. The van der Waals surface area contributed by atoms with Crippen LogP contribution < -0.4 is 0 Å². The van der Waals surface area contributed by atoms with Crippen LogP contribution >= 0.6 is 23.2 Å². The fourth-order valence-corrected chi connectivity index (χ4v) is 2.77. The summed E-state index contributed by atoms with van der Waals surface area (Å²) in [5.41, 5.74) is 0.888. The Morgan fingerprint density at radius 1 is 0.812 bits per heavy atom. The van der Waals surface area contributed by atoms with Gasteiger partial charge in [-0.25, -0.2) is 0 Å². The Hall–Kier alpha value is -0.800. The Labute approximate surface area is 102 Å². The lowest BCUT2D eigenvalue weighted by atomic mass is 10.1. The van der Waals surface area contributed by atoms with Crippen molar-refractivity contribution in [3.05, 3.63) is 47.5 Å². The average Bonchev–Trinajstić information content (AvgIpc) is 2.40. The molecule has 16 heavy (non-hydrogen) atoms. The van der Waals surface area contributed by atoms with E-state index in [-0.39, 0.29) is 0 Å². The Bertz CT molecular complexity index is 542. The summed E-state index contributed by atoms with van der Waals surface area (Å²) in [7, 11) is 0. The van der Waals surface area contributed by atoms with Gasteiger partial charge in [-0.3, -0.25) is 0 Å². The molecule has 82 valence electrons. The van der Waals surface area contributed by atoms with Gasteiger partial charge >= 0.3 is 0 Å². The van der Waals surface area contributed by atoms with E-state index in [9.17, 15) is 10.2 Å². The molecule has 0 bridgehead atoms. The zero-order valence-electron chi connectivity index (χ0n) is 8.11. The van der Waals surface area contributed by atoms with E-state index in [0.29, 0.717) is 11.1 Å². The predicted molar refractivity (Wildman–Crippen MR) is 63.4 cm³/mol. The van der Waals surface area contributed by atoms with Crippen molar-refractivity contribution in [3.63, 3.8) is 0 Å². The van der Waals surface area contributed by atoms with Crippen molar-refractivity contribution in [1.82, 2.24) is 0 Å². The molecule has 0 radical (unpaired) electrons. The highest BCUT2D eigenvalue weighted by Crippen LogP contribution is 2.56. The summed E-state index contributed by atoms with van der Waals surface area (Å²) in [6.07, 6.45) is 0. The molecule has 0 amide bonds. The first kappa shape index (κ1) is 10.4. The first-order valence-corrected chi connectivity index (χ1v) is 5.57. The van der Waals surface area contributed by atoms with Crippen LogP contribution in [0.4, 0.5) is 0 Å². The van der Waals surface area contributed by atoms with Gasteiger partial charge in [-0.1, -0.05) is 59.6 Å². The second kappa shape index (κ2) is 2.90. The number of alkyl halides is 2. The van der Waals surface area contributed by atoms with E-state index in [4.69, 9.17) is 23.2 Å². The molecule has 2 aromatic rings. The number of aliphatic hydroxyl groups is 2. The molecule has 2 atom stereocenters. The van der Waals surface area contributed by atoms with Crippen LogP contribution in [0.25, 0.3) is 10.8 Å². The van der Waals surface area contributed by atoms with Gasteiger partial charge < -0.3 is 10.2 Å². The first-order valence-electron chi connectivity index (χ1n) is 4.81. The number of rotatable bonds is 0. The molecule has 3 rings (SSSR count). The summed E-state index contributed by atoms with van der Waals surface area (Å²) in [4.78, 5) is 0. The maximum Gasteiger partial charge on any atom is 0.212 e. The summed E-state index contributed by atoms with van der Waals surface area (Å²) >= 11 is 11.9. The molecule has 4 heteroatoms. The monoisotopic (exact) mass is 254 g/mol.